The van der Waals surface area contributed by atoms with E-state index in [4.69, 9.17) is 0 Å². The van der Waals surface area contributed by atoms with Crippen LogP contribution in [0.2, 0.25) is 0 Å². The molecule has 24 heavy (non-hydrogen) atoms. The van der Waals surface area contributed by atoms with Crippen molar-refractivity contribution < 1.29 is 15.0 Å². The molecule has 0 aliphatic rings. The van der Waals surface area contributed by atoms with Gasteiger partial charge in [-0.05, 0) is 36.5 Å². The number of rotatable bonds is 8. The molecule has 3 N–H and O–H groups in total. The first-order valence-electron chi connectivity index (χ1n) is 8.48. The van der Waals surface area contributed by atoms with E-state index in [9.17, 15) is 15.0 Å². The predicted molar refractivity (Wildman–Crippen MR) is 95.5 cm³/mol. The highest BCUT2D eigenvalue weighted by molar-refractivity contribution is 5.98. The number of hydrogen-bond acceptors (Lipinski definition) is 3. The van der Waals surface area contributed by atoms with Crippen LogP contribution in [0.3, 0.4) is 0 Å². The largest absolute Gasteiger partial charge is 0.508 e. The van der Waals surface area contributed by atoms with Gasteiger partial charge in [-0.15, -0.1) is 0 Å². The van der Waals surface area contributed by atoms with Crippen molar-refractivity contribution in [3.05, 3.63) is 59.2 Å². The van der Waals surface area contributed by atoms with E-state index >= 15 is 0 Å². The van der Waals surface area contributed by atoms with Crippen LogP contribution in [0, 0.1) is 0 Å². The fourth-order valence-corrected chi connectivity index (χ4v) is 2.75. The number of amides is 1. The third kappa shape index (κ3) is 5.01. The normalized spacial score (nSPS) is 10.5. The molecule has 4 heteroatoms. The Hall–Kier alpha value is -2.49. The van der Waals surface area contributed by atoms with E-state index in [1.165, 1.54) is 6.07 Å². The molecule has 0 aliphatic heterocycles. The van der Waals surface area contributed by atoms with E-state index in [1.807, 2.05) is 30.3 Å². The van der Waals surface area contributed by atoms with Gasteiger partial charge in [0.1, 0.15) is 11.5 Å². The molecule has 2 rings (SSSR count). The van der Waals surface area contributed by atoms with E-state index in [2.05, 4.69) is 12.2 Å². The lowest BCUT2D eigenvalue weighted by atomic mass is 9.99. The number of benzene rings is 2. The number of aromatic hydroxyl groups is 2. The Morgan fingerprint density at radius 1 is 1.04 bits per heavy atom. The van der Waals surface area contributed by atoms with Gasteiger partial charge in [0.25, 0.3) is 5.91 Å². The van der Waals surface area contributed by atoms with Gasteiger partial charge in [-0.2, -0.15) is 0 Å². The summed E-state index contributed by atoms with van der Waals surface area (Å²) in [5, 5.41) is 22.6. The molecule has 0 spiro atoms. The van der Waals surface area contributed by atoms with E-state index in [-0.39, 0.29) is 23.0 Å². The minimum atomic E-state index is -0.296. The lowest BCUT2D eigenvalue weighted by Gasteiger charge is -2.13. The fourth-order valence-electron chi connectivity index (χ4n) is 2.75. The average Bonchev–Trinajstić information content (AvgIpc) is 2.55. The number of carbonyl (C=O) groups excluding carboxylic acids is 1. The van der Waals surface area contributed by atoms with Crippen LogP contribution in [0.25, 0.3) is 0 Å². The molecule has 0 aliphatic carbocycles. The number of phenols is 2. The Morgan fingerprint density at radius 3 is 2.50 bits per heavy atom. The average molecular weight is 327 g/mol. The molecule has 0 saturated carbocycles. The minimum absolute atomic E-state index is 0.0140. The maximum atomic E-state index is 12.5. The Morgan fingerprint density at radius 2 is 1.79 bits per heavy atom. The van der Waals surface area contributed by atoms with Crippen LogP contribution in [-0.2, 0) is 12.8 Å². The van der Waals surface area contributed by atoms with E-state index in [1.54, 1.807) is 6.07 Å². The zero-order valence-corrected chi connectivity index (χ0v) is 14.1. The van der Waals surface area contributed by atoms with Crippen LogP contribution in [0.15, 0.2) is 42.5 Å². The summed E-state index contributed by atoms with van der Waals surface area (Å²) in [7, 11) is 0. The molecule has 0 heterocycles. The fraction of sp³-hybridized carbons (Fsp3) is 0.350. The van der Waals surface area contributed by atoms with Crippen molar-refractivity contribution in [2.45, 2.75) is 39.0 Å². The molecule has 2 aromatic carbocycles. The maximum absolute atomic E-state index is 12.5. The Labute approximate surface area is 143 Å². The van der Waals surface area contributed by atoms with E-state index in [0.29, 0.717) is 18.5 Å². The van der Waals surface area contributed by atoms with Gasteiger partial charge in [-0.3, -0.25) is 4.79 Å². The van der Waals surface area contributed by atoms with Crippen molar-refractivity contribution in [1.82, 2.24) is 5.32 Å². The highest BCUT2D eigenvalue weighted by Gasteiger charge is 2.17. The third-order valence-electron chi connectivity index (χ3n) is 4.00. The first-order chi connectivity index (χ1) is 11.6. The van der Waals surface area contributed by atoms with Gasteiger partial charge in [0.15, 0.2) is 0 Å². The van der Waals surface area contributed by atoms with Crippen molar-refractivity contribution >= 4 is 5.91 Å². The standard InChI is InChI=1S/C20H25NO3/c1-2-3-5-10-16-13-17(22)14-18(23)19(16)20(24)21-12-11-15-8-6-4-7-9-15/h4,6-9,13-14,22-23H,2-3,5,10-12H2,1H3,(H,21,24). The van der Waals surface area contributed by atoms with E-state index < -0.39 is 0 Å². The predicted octanol–water partition coefficient (Wildman–Crippen LogP) is 3.80. The van der Waals surface area contributed by atoms with Crippen molar-refractivity contribution in [3.8, 4) is 11.5 Å². The molecule has 128 valence electrons. The smallest absolute Gasteiger partial charge is 0.255 e. The first kappa shape index (κ1) is 17.9. The summed E-state index contributed by atoms with van der Waals surface area (Å²) in [6.07, 6.45) is 4.44. The lowest BCUT2D eigenvalue weighted by molar-refractivity contribution is 0.0950. The van der Waals surface area contributed by atoms with Gasteiger partial charge in [-0.25, -0.2) is 0 Å². The first-order valence-corrected chi connectivity index (χ1v) is 8.48. The highest BCUT2D eigenvalue weighted by Crippen LogP contribution is 2.28. The minimum Gasteiger partial charge on any atom is -0.508 e. The SMILES string of the molecule is CCCCCc1cc(O)cc(O)c1C(=O)NCCc1ccccc1. The summed E-state index contributed by atoms with van der Waals surface area (Å²) in [6.45, 7) is 2.61. The molecule has 0 bridgehead atoms. The molecule has 0 radical (unpaired) electrons. The zero-order valence-electron chi connectivity index (χ0n) is 14.1. The molecule has 0 aromatic heterocycles. The van der Waals surface area contributed by atoms with Gasteiger partial charge < -0.3 is 15.5 Å². The molecule has 0 unspecified atom stereocenters. The molecule has 0 atom stereocenters. The van der Waals surface area contributed by atoms with Crippen molar-refractivity contribution in [3.63, 3.8) is 0 Å². The van der Waals surface area contributed by atoms with Gasteiger partial charge in [0.05, 0.1) is 5.56 Å². The number of nitrogens with one attached hydrogen (secondary N) is 1. The quantitative estimate of drug-likeness (QED) is 0.646. The van der Waals surface area contributed by atoms with Crippen LogP contribution >= 0.6 is 0 Å². The van der Waals surface area contributed by atoms with E-state index in [0.717, 1.165) is 31.2 Å². The van der Waals surface area contributed by atoms with Gasteiger partial charge >= 0.3 is 0 Å². The molecule has 2 aromatic rings. The number of unbranched alkanes of at least 4 members (excludes halogenated alkanes) is 2. The summed E-state index contributed by atoms with van der Waals surface area (Å²) >= 11 is 0. The summed E-state index contributed by atoms with van der Waals surface area (Å²) in [6, 6.07) is 12.7. The number of aryl methyl sites for hydroxylation is 1. The lowest BCUT2D eigenvalue weighted by Crippen LogP contribution is -2.26. The van der Waals surface area contributed by atoms with Gasteiger partial charge in [0.2, 0.25) is 0 Å². The maximum Gasteiger partial charge on any atom is 0.255 e. The van der Waals surface area contributed by atoms with Crippen LogP contribution in [0.1, 0.15) is 47.7 Å². The van der Waals surface area contributed by atoms with Gasteiger partial charge in [0, 0.05) is 12.6 Å². The molecule has 1 amide bonds. The number of carbonyl (C=O) groups is 1. The summed E-state index contributed by atoms with van der Waals surface area (Å²) in [4.78, 5) is 12.5. The van der Waals surface area contributed by atoms with Crippen LogP contribution in [0.5, 0.6) is 11.5 Å². The topological polar surface area (TPSA) is 69.6 Å². The van der Waals surface area contributed by atoms with Crippen molar-refractivity contribution in [2.75, 3.05) is 6.54 Å². The monoisotopic (exact) mass is 327 g/mol. The number of phenolic OH excluding ortho intramolecular Hbond substituents is 2. The number of hydrogen-bond donors (Lipinski definition) is 3. The van der Waals surface area contributed by atoms with Gasteiger partial charge in [-0.1, -0.05) is 50.1 Å². The second-order valence-corrected chi connectivity index (χ2v) is 5.95. The van der Waals surface area contributed by atoms with Crippen molar-refractivity contribution in [1.29, 1.82) is 0 Å². The highest BCUT2D eigenvalue weighted by atomic mass is 16.3. The molecular weight excluding hydrogens is 302 g/mol. The Bertz CT molecular complexity index is 668. The summed E-state index contributed by atoms with van der Waals surface area (Å²) in [5.41, 5.74) is 2.12. The summed E-state index contributed by atoms with van der Waals surface area (Å²) in [5.74, 6) is -0.478. The van der Waals surface area contributed by atoms with Crippen molar-refractivity contribution in [2.24, 2.45) is 0 Å². The van der Waals surface area contributed by atoms with Crippen LogP contribution < -0.4 is 5.32 Å². The Kier molecular flexibility index (Phi) is 6.67. The van der Waals surface area contributed by atoms with Crippen LogP contribution in [0.4, 0.5) is 0 Å². The molecule has 0 fully saturated rings. The summed E-state index contributed by atoms with van der Waals surface area (Å²) < 4.78 is 0. The molecule has 0 saturated heterocycles. The molecular formula is C20H25NO3. The third-order valence-corrected chi connectivity index (χ3v) is 4.00. The Balaban J connectivity index is 2.04. The van der Waals surface area contributed by atoms with Crippen LogP contribution in [-0.4, -0.2) is 22.7 Å². The second-order valence-electron chi connectivity index (χ2n) is 5.95. The second kappa shape index (κ2) is 8.96. The molecule has 4 nitrogen and oxygen atoms in total. The zero-order chi connectivity index (χ0) is 17.4.